The molecule has 0 aromatic carbocycles. The summed E-state index contributed by atoms with van der Waals surface area (Å²) in [6.45, 7) is 1.42. The van der Waals surface area contributed by atoms with Gasteiger partial charge in [-0.1, -0.05) is 0 Å². The van der Waals surface area contributed by atoms with Gasteiger partial charge >= 0.3 is 0 Å². The van der Waals surface area contributed by atoms with E-state index in [0.717, 1.165) is 46.3 Å². The molecule has 7 heteroatoms. The van der Waals surface area contributed by atoms with Crippen LogP contribution in [0.2, 0.25) is 0 Å². The van der Waals surface area contributed by atoms with Gasteiger partial charge in [-0.05, 0) is 25.0 Å². The van der Waals surface area contributed by atoms with Crippen molar-refractivity contribution in [1.82, 2.24) is 14.7 Å². The minimum absolute atomic E-state index is 0.0136. The summed E-state index contributed by atoms with van der Waals surface area (Å²) in [6.07, 6.45) is 7.08. The van der Waals surface area contributed by atoms with Crippen LogP contribution in [-0.2, 0) is 11.2 Å². The zero-order valence-electron chi connectivity index (χ0n) is 12.5. The topological polar surface area (TPSA) is 55.6 Å². The Kier molecular flexibility index (Phi) is 4.15. The van der Waals surface area contributed by atoms with Crippen LogP contribution in [0, 0.1) is 0 Å². The molecule has 1 N–H and O–H groups in total. The summed E-state index contributed by atoms with van der Waals surface area (Å²) in [7, 11) is 0. The average molecular weight is 347 g/mol. The van der Waals surface area contributed by atoms with E-state index in [2.05, 4.69) is 10.3 Å². The summed E-state index contributed by atoms with van der Waals surface area (Å²) < 4.78 is 7.67. The third-order valence-electron chi connectivity index (χ3n) is 3.91. The monoisotopic (exact) mass is 347 g/mol. The zero-order chi connectivity index (χ0) is 15.6. The number of aromatic nitrogens is 2. The summed E-state index contributed by atoms with van der Waals surface area (Å²) >= 11 is 3.15. The molecule has 4 heterocycles. The molecule has 0 spiro atoms. The first-order valence-corrected chi connectivity index (χ1v) is 9.40. The maximum atomic E-state index is 12.2. The van der Waals surface area contributed by atoms with Crippen LogP contribution in [0.25, 0.3) is 4.96 Å². The highest BCUT2D eigenvalue weighted by atomic mass is 32.1. The molecule has 0 bridgehead atoms. The number of nitrogens with one attached hydrogen (secondary N) is 1. The molecule has 0 aliphatic carbocycles. The van der Waals surface area contributed by atoms with Gasteiger partial charge in [-0.3, -0.25) is 9.20 Å². The van der Waals surface area contributed by atoms with Crippen molar-refractivity contribution in [3.63, 3.8) is 0 Å². The number of thiophene rings is 1. The Hall–Kier alpha value is -1.70. The summed E-state index contributed by atoms with van der Waals surface area (Å²) in [5, 5.41) is 4.98. The van der Waals surface area contributed by atoms with E-state index in [4.69, 9.17) is 4.74 Å². The summed E-state index contributed by atoms with van der Waals surface area (Å²) in [5.41, 5.74) is 1.00. The Bertz CT molecular complexity index is 786. The van der Waals surface area contributed by atoms with Gasteiger partial charge in [0, 0.05) is 42.2 Å². The van der Waals surface area contributed by atoms with Gasteiger partial charge in [0.1, 0.15) is 0 Å². The number of imidazole rings is 1. The number of hydrogen-bond donors (Lipinski definition) is 1. The number of amides is 1. The van der Waals surface area contributed by atoms with Crippen LogP contribution >= 0.6 is 22.7 Å². The van der Waals surface area contributed by atoms with Crippen LogP contribution < -0.4 is 5.32 Å². The minimum atomic E-state index is -0.0136. The van der Waals surface area contributed by atoms with E-state index in [9.17, 15) is 4.79 Å². The molecule has 0 saturated carbocycles. The fourth-order valence-electron chi connectivity index (χ4n) is 2.74. The van der Waals surface area contributed by atoms with E-state index < -0.39 is 0 Å². The lowest BCUT2D eigenvalue weighted by Gasteiger charge is -2.05. The predicted molar refractivity (Wildman–Crippen MR) is 91.4 cm³/mol. The molecule has 120 valence electrons. The molecule has 1 unspecified atom stereocenters. The largest absolute Gasteiger partial charge is 0.373 e. The molecule has 1 aliphatic rings. The van der Waals surface area contributed by atoms with Crippen molar-refractivity contribution in [3.05, 3.63) is 45.4 Å². The predicted octanol–water partition coefficient (Wildman–Crippen LogP) is 3.28. The molecule has 4 rings (SSSR count). The van der Waals surface area contributed by atoms with E-state index in [1.54, 1.807) is 11.3 Å². The molecular weight excluding hydrogens is 330 g/mol. The van der Waals surface area contributed by atoms with Crippen molar-refractivity contribution >= 4 is 33.5 Å². The van der Waals surface area contributed by atoms with Crippen LogP contribution in [0.4, 0.5) is 0 Å². The van der Waals surface area contributed by atoms with Gasteiger partial charge in [0.2, 0.25) is 0 Å². The highest BCUT2D eigenvalue weighted by Crippen LogP contribution is 2.33. The number of rotatable bonds is 5. The first kappa shape index (κ1) is 14.9. The number of thiazole rings is 1. The molecule has 5 nitrogen and oxygen atoms in total. The van der Waals surface area contributed by atoms with Crippen molar-refractivity contribution in [2.24, 2.45) is 0 Å². The number of carbonyl (C=O) groups is 1. The third-order valence-corrected chi connectivity index (χ3v) is 5.85. The van der Waals surface area contributed by atoms with Crippen molar-refractivity contribution in [2.75, 3.05) is 13.2 Å². The van der Waals surface area contributed by atoms with Crippen molar-refractivity contribution < 1.29 is 9.53 Å². The Morgan fingerprint density at radius 2 is 2.43 bits per heavy atom. The highest BCUT2D eigenvalue weighted by Gasteiger charge is 2.20. The second-order valence-corrected chi connectivity index (χ2v) is 7.52. The minimum Gasteiger partial charge on any atom is -0.373 e. The lowest BCUT2D eigenvalue weighted by molar-refractivity contribution is 0.0958. The number of hydrogen-bond acceptors (Lipinski definition) is 5. The Morgan fingerprint density at radius 3 is 3.26 bits per heavy atom. The van der Waals surface area contributed by atoms with E-state index in [1.165, 1.54) is 11.3 Å². The smallest absolute Gasteiger partial charge is 0.261 e. The summed E-state index contributed by atoms with van der Waals surface area (Å²) in [5.74, 6) is -0.0136. The summed E-state index contributed by atoms with van der Waals surface area (Å²) in [6, 6.07) is 3.91. The van der Waals surface area contributed by atoms with Crippen LogP contribution in [0.15, 0.2) is 29.9 Å². The standard InChI is InChI=1S/C16H17N3O2S2/c20-15(14-4-3-13(23-14)12-2-1-8-21-12)17-6-5-11-10-19-7-9-22-16(19)18-11/h3-4,7,9-10,12H,1-2,5-6,8H2,(H,17,20). The van der Waals surface area contributed by atoms with Crippen LogP contribution in [0.5, 0.6) is 0 Å². The van der Waals surface area contributed by atoms with Gasteiger partial charge in [-0.15, -0.1) is 22.7 Å². The fourth-order valence-corrected chi connectivity index (χ4v) is 4.46. The molecule has 3 aromatic rings. The van der Waals surface area contributed by atoms with Crippen LogP contribution in [-0.4, -0.2) is 28.4 Å². The van der Waals surface area contributed by atoms with Gasteiger partial charge in [0.25, 0.3) is 5.91 Å². The zero-order valence-corrected chi connectivity index (χ0v) is 14.2. The first-order chi connectivity index (χ1) is 11.3. The van der Waals surface area contributed by atoms with E-state index in [0.29, 0.717) is 6.54 Å². The van der Waals surface area contributed by atoms with Gasteiger partial charge < -0.3 is 10.1 Å². The SMILES string of the molecule is O=C(NCCc1cn2ccsc2n1)c1ccc(C2CCCO2)s1. The maximum absolute atomic E-state index is 12.2. The van der Waals surface area contributed by atoms with Gasteiger partial charge in [0.15, 0.2) is 4.96 Å². The van der Waals surface area contributed by atoms with Crippen molar-refractivity contribution in [2.45, 2.75) is 25.4 Å². The van der Waals surface area contributed by atoms with Gasteiger partial charge in [-0.2, -0.15) is 0 Å². The average Bonchev–Trinajstić information content (AvgIpc) is 3.29. The van der Waals surface area contributed by atoms with Crippen molar-refractivity contribution in [1.29, 1.82) is 0 Å². The number of ether oxygens (including phenoxy) is 1. The number of nitrogens with zero attached hydrogens (tertiary/aromatic N) is 2. The molecule has 3 aromatic heterocycles. The van der Waals surface area contributed by atoms with E-state index >= 15 is 0 Å². The Balaban J connectivity index is 1.32. The lowest BCUT2D eigenvalue weighted by Crippen LogP contribution is -2.24. The molecule has 1 saturated heterocycles. The van der Waals surface area contributed by atoms with Crippen molar-refractivity contribution in [3.8, 4) is 0 Å². The normalized spacial score (nSPS) is 17.8. The Morgan fingerprint density at radius 1 is 1.48 bits per heavy atom. The van der Waals surface area contributed by atoms with Gasteiger partial charge in [0.05, 0.1) is 16.7 Å². The number of fused-ring (bicyclic) bond motifs is 1. The quantitative estimate of drug-likeness (QED) is 0.770. The second kappa shape index (κ2) is 6.43. The highest BCUT2D eigenvalue weighted by molar-refractivity contribution is 7.15. The van der Waals surface area contributed by atoms with E-state index in [-0.39, 0.29) is 12.0 Å². The molecule has 0 radical (unpaired) electrons. The molecule has 1 atom stereocenters. The molecule has 23 heavy (non-hydrogen) atoms. The fraction of sp³-hybridized carbons (Fsp3) is 0.375. The molecule has 1 amide bonds. The lowest BCUT2D eigenvalue weighted by atomic mass is 10.2. The van der Waals surface area contributed by atoms with Crippen LogP contribution in [0.3, 0.4) is 0 Å². The van der Waals surface area contributed by atoms with Crippen LogP contribution in [0.1, 0.15) is 39.2 Å². The van der Waals surface area contributed by atoms with Gasteiger partial charge in [-0.25, -0.2) is 4.98 Å². The second-order valence-electron chi connectivity index (χ2n) is 5.53. The summed E-state index contributed by atoms with van der Waals surface area (Å²) in [4.78, 5) is 19.6. The molecule has 1 fully saturated rings. The molecule has 1 aliphatic heterocycles. The Labute approximate surface area is 141 Å². The maximum Gasteiger partial charge on any atom is 0.261 e. The third kappa shape index (κ3) is 3.17. The molecular formula is C16H17N3O2S2. The first-order valence-electron chi connectivity index (χ1n) is 7.70. The number of carbonyl (C=O) groups excluding carboxylic acids is 1. The van der Waals surface area contributed by atoms with E-state index in [1.807, 2.05) is 34.3 Å².